The lowest BCUT2D eigenvalue weighted by molar-refractivity contribution is 0.620. The molecule has 2 N–H and O–H groups in total. The number of nitrogen functional groups attached to an aromatic ring is 1. The van der Waals surface area contributed by atoms with E-state index in [1.54, 1.807) is 6.20 Å². The fourth-order valence-electron chi connectivity index (χ4n) is 2.37. The van der Waals surface area contributed by atoms with E-state index in [0.29, 0.717) is 22.7 Å². The molecule has 4 nitrogen and oxygen atoms in total. The Balaban J connectivity index is 2.04. The van der Waals surface area contributed by atoms with Gasteiger partial charge in [0.05, 0.1) is 11.2 Å². The normalized spacial score (nSPS) is 11.2. The van der Waals surface area contributed by atoms with Crippen LogP contribution in [0.4, 0.5) is 5.69 Å². The maximum Gasteiger partial charge on any atom is 0.228 e. The summed E-state index contributed by atoms with van der Waals surface area (Å²) < 4.78 is 5.82. The van der Waals surface area contributed by atoms with Gasteiger partial charge in [-0.1, -0.05) is 18.2 Å². The fourth-order valence-corrected chi connectivity index (χ4v) is 2.37. The smallest absolute Gasteiger partial charge is 0.228 e. The number of anilines is 1. The first-order chi connectivity index (χ1) is 9.83. The molecule has 0 spiro atoms. The number of nitrogens with zero attached hydrogens (tertiary/aromatic N) is 2. The first-order valence-electron chi connectivity index (χ1n) is 6.32. The first-order valence-corrected chi connectivity index (χ1v) is 6.32. The number of pyridine rings is 1. The molecule has 0 amide bonds. The Hall–Kier alpha value is -2.88. The van der Waals surface area contributed by atoms with Crippen LogP contribution < -0.4 is 5.73 Å². The van der Waals surface area contributed by atoms with Gasteiger partial charge in [-0.15, -0.1) is 0 Å². The van der Waals surface area contributed by atoms with Crippen LogP contribution in [0.2, 0.25) is 0 Å². The van der Waals surface area contributed by atoms with E-state index in [9.17, 15) is 0 Å². The molecule has 0 atom stereocenters. The summed E-state index contributed by atoms with van der Waals surface area (Å²) in [6.07, 6.45) is 1.77. The molecule has 0 saturated heterocycles. The van der Waals surface area contributed by atoms with Crippen molar-refractivity contribution in [3.63, 3.8) is 0 Å². The third kappa shape index (κ3) is 1.55. The Labute approximate surface area is 114 Å². The van der Waals surface area contributed by atoms with E-state index >= 15 is 0 Å². The SMILES string of the molecule is Nc1cccc2oc(-c3cccc4ncccc34)nc12. The molecular formula is C16H11N3O. The summed E-state index contributed by atoms with van der Waals surface area (Å²) >= 11 is 0. The van der Waals surface area contributed by atoms with Crippen molar-refractivity contribution in [1.82, 2.24) is 9.97 Å². The second kappa shape index (κ2) is 4.06. The molecule has 20 heavy (non-hydrogen) atoms. The number of hydrogen-bond acceptors (Lipinski definition) is 4. The van der Waals surface area contributed by atoms with Gasteiger partial charge in [0.1, 0.15) is 5.52 Å². The molecule has 0 aliphatic rings. The van der Waals surface area contributed by atoms with E-state index < -0.39 is 0 Å². The number of oxazole rings is 1. The molecule has 2 aromatic carbocycles. The van der Waals surface area contributed by atoms with Gasteiger partial charge < -0.3 is 10.2 Å². The molecule has 4 rings (SSSR count). The number of aromatic nitrogens is 2. The third-order valence-electron chi connectivity index (χ3n) is 3.33. The maximum absolute atomic E-state index is 5.93. The summed E-state index contributed by atoms with van der Waals surface area (Å²) in [6.45, 7) is 0. The Bertz CT molecular complexity index is 922. The Morgan fingerprint density at radius 3 is 2.75 bits per heavy atom. The van der Waals surface area contributed by atoms with Gasteiger partial charge in [0, 0.05) is 17.1 Å². The zero-order valence-electron chi connectivity index (χ0n) is 10.6. The summed E-state index contributed by atoms with van der Waals surface area (Å²) in [4.78, 5) is 8.86. The predicted octanol–water partition coefficient (Wildman–Crippen LogP) is 3.63. The van der Waals surface area contributed by atoms with E-state index in [4.69, 9.17) is 10.2 Å². The van der Waals surface area contributed by atoms with Crippen LogP contribution in [0.25, 0.3) is 33.5 Å². The van der Waals surface area contributed by atoms with E-state index in [0.717, 1.165) is 16.5 Å². The number of hydrogen-bond donors (Lipinski definition) is 1. The van der Waals surface area contributed by atoms with Crippen molar-refractivity contribution in [2.45, 2.75) is 0 Å². The molecule has 0 fully saturated rings. The Morgan fingerprint density at radius 2 is 1.85 bits per heavy atom. The van der Waals surface area contributed by atoms with Crippen molar-refractivity contribution in [3.8, 4) is 11.5 Å². The van der Waals surface area contributed by atoms with Crippen molar-refractivity contribution < 1.29 is 4.42 Å². The average molecular weight is 261 g/mol. The Morgan fingerprint density at radius 1 is 0.950 bits per heavy atom. The molecule has 2 heterocycles. The van der Waals surface area contributed by atoms with Gasteiger partial charge in [0.25, 0.3) is 0 Å². The standard InChI is InChI=1S/C16H11N3O/c17-12-6-2-8-14-15(12)19-16(20-14)11-4-1-7-13-10(11)5-3-9-18-13/h1-9H,17H2. The van der Waals surface area contributed by atoms with E-state index in [1.165, 1.54) is 0 Å². The number of rotatable bonds is 1. The maximum atomic E-state index is 5.93. The van der Waals surface area contributed by atoms with E-state index in [-0.39, 0.29) is 0 Å². The lowest BCUT2D eigenvalue weighted by atomic mass is 10.1. The van der Waals surface area contributed by atoms with Gasteiger partial charge in [0.2, 0.25) is 5.89 Å². The van der Waals surface area contributed by atoms with E-state index in [2.05, 4.69) is 9.97 Å². The average Bonchev–Trinajstić information content (AvgIpc) is 2.92. The fraction of sp³-hybridized carbons (Fsp3) is 0. The minimum Gasteiger partial charge on any atom is -0.436 e. The summed E-state index contributed by atoms with van der Waals surface area (Å²) in [5.41, 5.74) is 9.78. The highest BCUT2D eigenvalue weighted by atomic mass is 16.3. The van der Waals surface area contributed by atoms with Crippen molar-refractivity contribution >= 4 is 27.7 Å². The zero-order chi connectivity index (χ0) is 13.5. The second-order valence-electron chi connectivity index (χ2n) is 4.59. The summed E-state index contributed by atoms with van der Waals surface area (Å²) in [6, 6.07) is 15.4. The van der Waals surface area contributed by atoms with Gasteiger partial charge in [-0.2, -0.15) is 0 Å². The molecule has 2 aromatic heterocycles. The molecule has 0 saturated carbocycles. The highest BCUT2D eigenvalue weighted by Crippen LogP contribution is 2.31. The summed E-state index contributed by atoms with van der Waals surface area (Å²) in [5.74, 6) is 0.566. The highest BCUT2D eigenvalue weighted by Gasteiger charge is 2.12. The van der Waals surface area contributed by atoms with E-state index in [1.807, 2.05) is 48.5 Å². The topological polar surface area (TPSA) is 64.9 Å². The molecule has 0 radical (unpaired) electrons. The van der Waals surface area contributed by atoms with Crippen LogP contribution >= 0.6 is 0 Å². The van der Waals surface area contributed by atoms with Crippen molar-refractivity contribution in [2.75, 3.05) is 5.73 Å². The minimum atomic E-state index is 0.566. The van der Waals surface area contributed by atoms with Gasteiger partial charge in [-0.05, 0) is 30.3 Å². The summed E-state index contributed by atoms with van der Waals surface area (Å²) in [7, 11) is 0. The molecule has 0 aliphatic carbocycles. The lowest BCUT2D eigenvalue weighted by Crippen LogP contribution is -1.86. The van der Waals surface area contributed by atoms with Crippen LogP contribution in [0.5, 0.6) is 0 Å². The number of para-hydroxylation sites is 1. The molecule has 96 valence electrons. The van der Waals surface area contributed by atoms with Crippen molar-refractivity contribution in [2.24, 2.45) is 0 Å². The lowest BCUT2D eigenvalue weighted by Gasteiger charge is -2.01. The molecule has 0 unspecified atom stereocenters. The number of nitrogens with two attached hydrogens (primary N) is 1. The zero-order valence-corrected chi connectivity index (χ0v) is 10.6. The number of fused-ring (bicyclic) bond motifs is 2. The summed E-state index contributed by atoms with van der Waals surface area (Å²) in [5, 5.41) is 1.01. The third-order valence-corrected chi connectivity index (χ3v) is 3.33. The molecule has 4 aromatic rings. The number of benzene rings is 2. The van der Waals surface area contributed by atoms with Gasteiger partial charge in [-0.25, -0.2) is 4.98 Å². The van der Waals surface area contributed by atoms with Crippen LogP contribution in [-0.2, 0) is 0 Å². The van der Waals surface area contributed by atoms with Crippen molar-refractivity contribution in [1.29, 1.82) is 0 Å². The predicted molar refractivity (Wildman–Crippen MR) is 79.2 cm³/mol. The van der Waals surface area contributed by atoms with Crippen LogP contribution in [0, 0.1) is 0 Å². The van der Waals surface area contributed by atoms with Gasteiger partial charge >= 0.3 is 0 Å². The highest BCUT2D eigenvalue weighted by molar-refractivity contribution is 5.94. The van der Waals surface area contributed by atoms with Crippen LogP contribution in [0.15, 0.2) is 59.1 Å². The molecule has 0 aliphatic heterocycles. The van der Waals surface area contributed by atoms with Crippen LogP contribution in [0.1, 0.15) is 0 Å². The quantitative estimate of drug-likeness (QED) is 0.531. The largest absolute Gasteiger partial charge is 0.436 e. The first kappa shape index (κ1) is 11.0. The molecule has 4 heteroatoms. The molecule has 0 bridgehead atoms. The van der Waals surface area contributed by atoms with Gasteiger partial charge in [0.15, 0.2) is 5.58 Å². The van der Waals surface area contributed by atoms with Crippen LogP contribution in [0.3, 0.4) is 0 Å². The molecular weight excluding hydrogens is 250 g/mol. The monoisotopic (exact) mass is 261 g/mol. The Kier molecular flexibility index (Phi) is 2.23. The van der Waals surface area contributed by atoms with Crippen LogP contribution in [-0.4, -0.2) is 9.97 Å². The second-order valence-corrected chi connectivity index (χ2v) is 4.59. The van der Waals surface area contributed by atoms with Crippen molar-refractivity contribution in [3.05, 3.63) is 54.7 Å². The minimum absolute atomic E-state index is 0.566. The van der Waals surface area contributed by atoms with Gasteiger partial charge in [-0.3, -0.25) is 4.98 Å².